The van der Waals surface area contributed by atoms with Crippen molar-refractivity contribution in [1.82, 2.24) is 4.90 Å². The first kappa shape index (κ1) is 16.9. The molecule has 1 amide bonds. The lowest BCUT2D eigenvalue weighted by molar-refractivity contribution is -0.147. The third kappa shape index (κ3) is 4.47. The molecule has 0 saturated carbocycles. The Balaban J connectivity index is 2.54. The molecule has 1 saturated heterocycles. The molecule has 0 radical (unpaired) electrons. The van der Waals surface area contributed by atoms with Gasteiger partial charge < -0.3 is 10.0 Å². The van der Waals surface area contributed by atoms with Crippen molar-refractivity contribution < 1.29 is 23.1 Å². The SMILES string of the molecule is CCCCCS(=O)(=O)CC(=O)N1CCC(C)(C(=O)O)C1. The van der Waals surface area contributed by atoms with E-state index in [1.807, 2.05) is 6.92 Å². The van der Waals surface area contributed by atoms with E-state index in [4.69, 9.17) is 5.11 Å². The number of rotatable bonds is 7. The molecule has 6 nitrogen and oxygen atoms in total. The molecule has 1 N–H and O–H groups in total. The number of hydrogen-bond acceptors (Lipinski definition) is 4. The number of amides is 1. The average Bonchev–Trinajstić information content (AvgIpc) is 2.73. The Bertz CT molecular complexity index is 473. The van der Waals surface area contributed by atoms with Gasteiger partial charge in [0, 0.05) is 13.1 Å². The van der Waals surface area contributed by atoms with Crippen LogP contribution in [0.5, 0.6) is 0 Å². The van der Waals surface area contributed by atoms with Gasteiger partial charge in [-0.05, 0) is 19.8 Å². The van der Waals surface area contributed by atoms with Gasteiger partial charge in [-0.1, -0.05) is 19.8 Å². The summed E-state index contributed by atoms with van der Waals surface area (Å²) >= 11 is 0. The third-order valence-electron chi connectivity index (χ3n) is 3.74. The second kappa shape index (κ2) is 6.56. The lowest BCUT2D eigenvalue weighted by Gasteiger charge is -2.20. The fraction of sp³-hybridized carbons (Fsp3) is 0.846. The van der Waals surface area contributed by atoms with Crippen LogP contribution in [0.25, 0.3) is 0 Å². The third-order valence-corrected chi connectivity index (χ3v) is 5.34. The number of carbonyl (C=O) groups excluding carboxylic acids is 1. The van der Waals surface area contributed by atoms with Gasteiger partial charge in [0.1, 0.15) is 5.75 Å². The first-order chi connectivity index (χ1) is 9.20. The van der Waals surface area contributed by atoms with E-state index in [-0.39, 0.29) is 12.3 Å². The molecule has 20 heavy (non-hydrogen) atoms. The number of unbranched alkanes of at least 4 members (excludes halogenated alkanes) is 2. The molecule has 0 aliphatic carbocycles. The fourth-order valence-corrected chi connectivity index (χ4v) is 3.62. The minimum Gasteiger partial charge on any atom is -0.481 e. The molecule has 0 aromatic carbocycles. The van der Waals surface area contributed by atoms with Crippen molar-refractivity contribution in [3.05, 3.63) is 0 Å². The van der Waals surface area contributed by atoms with Gasteiger partial charge in [-0.25, -0.2) is 8.42 Å². The van der Waals surface area contributed by atoms with E-state index in [0.29, 0.717) is 19.4 Å². The number of hydrogen-bond donors (Lipinski definition) is 1. The first-order valence-corrected chi connectivity index (χ1v) is 8.74. The van der Waals surface area contributed by atoms with Crippen LogP contribution in [0.2, 0.25) is 0 Å². The van der Waals surface area contributed by atoms with Crippen molar-refractivity contribution in [1.29, 1.82) is 0 Å². The van der Waals surface area contributed by atoms with Crippen LogP contribution in [0.3, 0.4) is 0 Å². The monoisotopic (exact) mass is 305 g/mol. The van der Waals surface area contributed by atoms with Crippen molar-refractivity contribution in [2.75, 3.05) is 24.6 Å². The zero-order chi connectivity index (χ0) is 15.4. The summed E-state index contributed by atoms with van der Waals surface area (Å²) < 4.78 is 23.6. The Morgan fingerprint density at radius 1 is 1.30 bits per heavy atom. The van der Waals surface area contributed by atoms with Gasteiger partial charge in [0.2, 0.25) is 5.91 Å². The Morgan fingerprint density at radius 2 is 1.95 bits per heavy atom. The maximum Gasteiger partial charge on any atom is 0.311 e. The Morgan fingerprint density at radius 3 is 2.45 bits per heavy atom. The quantitative estimate of drug-likeness (QED) is 0.706. The van der Waals surface area contributed by atoms with Crippen LogP contribution in [0, 0.1) is 5.41 Å². The molecule has 0 aromatic heterocycles. The molecule has 1 aliphatic heterocycles. The lowest BCUT2D eigenvalue weighted by atomic mass is 9.90. The highest BCUT2D eigenvalue weighted by Gasteiger charge is 2.42. The number of aliphatic carboxylic acids is 1. The Kier molecular flexibility index (Phi) is 5.56. The van der Waals surface area contributed by atoms with E-state index < -0.39 is 32.9 Å². The fourth-order valence-electron chi connectivity index (χ4n) is 2.27. The van der Waals surface area contributed by atoms with Crippen LogP contribution in [-0.4, -0.2) is 54.9 Å². The highest BCUT2D eigenvalue weighted by molar-refractivity contribution is 7.92. The Hall–Kier alpha value is -1.11. The maximum atomic E-state index is 12.0. The summed E-state index contributed by atoms with van der Waals surface area (Å²) in [5.74, 6) is -1.91. The van der Waals surface area contributed by atoms with Crippen molar-refractivity contribution in [2.45, 2.75) is 39.5 Å². The zero-order valence-corrected chi connectivity index (χ0v) is 12.9. The largest absolute Gasteiger partial charge is 0.481 e. The average molecular weight is 305 g/mol. The minimum absolute atomic E-state index is 0.0244. The van der Waals surface area contributed by atoms with Crippen LogP contribution < -0.4 is 0 Å². The molecular weight excluding hydrogens is 282 g/mol. The molecule has 116 valence electrons. The van der Waals surface area contributed by atoms with E-state index in [1.54, 1.807) is 6.92 Å². The number of nitrogens with zero attached hydrogens (tertiary/aromatic N) is 1. The standard InChI is InChI=1S/C13H23NO5S/c1-3-4-5-8-20(18,19)9-11(15)14-7-6-13(2,10-14)12(16)17/h3-10H2,1-2H3,(H,16,17). The lowest BCUT2D eigenvalue weighted by Crippen LogP contribution is -2.38. The molecular formula is C13H23NO5S. The van der Waals surface area contributed by atoms with Crippen molar-refractivity contribution >= 4 is 21.7 Å². The van der Waals surface area contributed by atoms with Gasteiger partial charge in [-0.15, -0.1) is 0 Å². The van der Waals surface area contributed by atoms with Gasteiger partial charge >= 0.3 is 5.97 Å². The summed E-state index contributed by atoms with van der Waals surface area (Å²) in [6, 6.07) is 0. The van der Waals surface area contributed by atoms with E-state index in [1.165, 1.54) is 4.90 Å². The molecule has 7 heteroatoms. The highest BCUT2D eigenvalue weighted by atomic mass is 32.2. The zero-order valence-electron chi connectivity index (χ0n) is 12.1. The number of carbonyl (C=O) groups is 2. The van der Waals surface area contributed by atoms with Gasteiger partial charge in [-0.2, -0.15) is 0 Å². The second-order valence-corrected chi connectivity index (χ2v) is 7.91. The topological polar surface area (TPSA) is 91.8 Å². The number of carboxylic acid groups (broad SMARTS) is 1. The van der Waals surface area contributed by atoms with Gasteiger partial charge in [-0.3, -0.25) is 9.59 Å². The Labute approximate surface area is 120 Å². The summed E-state index contributed by atoms with van der Waals surface area (Å²) in [6.07, 6.45) is 2.68. The number of carboxylic acids is 1. The van der Waals surface area contributed by atoms with Crippen LogP contribution >= 0.6 is 0 Å². The van der Waals surface area contributed by atoms with E-state index in [9.17, 15) is 18.0 Å². The van der Waals surface area contributed by atoms with Crippen LogP contribution in [0.15, 0.2) is 0 Å². The van der Waals surface area contributed by atoms with Gasteiger partial charge in [0.05, 0.1) is 11.2 Å². The molecule has 1 fully saturated rings. The van der Waals surface area contributed by atoms with E-state index >= 15 is 0 Å². The van der Waals surface area contributed by atoms with Gasteiger partial charge in [0.25, 0.3) is 0 Å². The van der Waals surface area contributed by atoms with Crippen LogP contribution in [-0.2, 0) is 19.4 Å². The van der Waals surface area contributed by atoms with Crippen molar-refractivity contribution in [2.24, 2.45) is 5.41 Å². The van der Waals surface area contributed by atoms with Crippen molar-refractivity contribution in [3.63, 3.8) is 0 Å². The second-order valence-electron chi connectivity index (χ2n) is 5.73. The molecule has 0 aromatic rings. The summed E-state index contributed by atoms with van der Waals surface area (Å²) in [7, 11) is -3.39. The molecule has 1 unspecified atom stereocenters. The normalized spacial score (nSPS) is 23.0. The maximum absolute atomic E-state index is 12.0. The predicted octanol–water partition coefficient (Wildman–Crippen LogP) is 0.915. The summed E-state index contributed by atoms with van der Waals surface area (Å²) in [5, 5.41) is 9.09. The van der Waals surface area contributed by atoms with E-state index in [2.05, 4.69) is 0 Å². The van der Waals surface area contributed by atoms with Crippen LogP contribution in [0.4, 0.5) is 0 Å². The predicted molar refractivity (Wildman–Crippen MR) is 75.1 cm³/mol. The highest BCUT2D eigenvalue weighted by Crippen LogP contribution is 2.30. The molecule has 0 bridgehead atoms. The summed E-state index contributed by atoms with van der Waals surface area (Å²) in [4.78, 5) is 24.4. The molecule has 1 heterocycles. The molecule has 0 spiro atoms. The molecule has 1 rings (SSSR count). The minimum atomic E-state index is -3.39. The number of likely N-dealkylation sites (tertiary alicyclic amines) is 1. The van der Waals surface area contributed by atoms with E-state index in [0.717, 1.165) is 12.8 Å². The van der Waals surface area contributed by atoms with Crippen LogP contribution in [0.1, 0.15) is 39.5 Å². The smallest absolute Gasteiger partial charge is 0.311 e. The van der Waals surface area contributed by atoms with Crippen molar-refractivity contribution in [3.8, 4) is 0 Å². The molecule has 1 aliphatic rings. The number of sulfone groups is 1. The first-order valence-electron chi connectivity index (χ1n) is 6.92. The summed E-state index contributed by atoms with van der Waals surface area (Å²) in [5.41, 5.74) is -0.957. The molecule has 1 atom stereocenters. The van der Waals surface area contributed by atoms with Gasteiger partial charge in [0.15, 0.2) is 9.84 Å². The summed E-state index contributed by atoms with van der Waals surface area (Å²) in [6.45, 7) is 3.96.